The van der Waals surface area contributed by atoms with Crippen LogP contribution in [0.3, 0.4) is 0 Å². The van der Waals surface area contributed by atoms with Gasteiger partial charge in [-0.25, -0.2) is 18.4 Å². The average Bonchev–Trinajstić information content (AvgIpc) is 2.89. The van der Waals surface area contributed by atoms with Gasteiger partial charge in [0.1, 0.15) is 17.4 Å². The van der Waals surface area contributed by atoms with E-state index in [9.17, 15) is 8.42 Å². The number of piperazine rings is 1. The topological polar surface area (TPSA) is 78.9 Å². The number of benzene rings is 2. The van der Waals surface area contributed by atoms with Crippen LogP contribution < -0.4 is 9.64 Å². The van der Waals surface area contributed by atoms with E-state index in [1.165, 1.54) is 19.3 Å². The maximum atomic E-state index is 13.1. The number of piperidine rings is 1. The van der Waals surface area contributed by atoms with Crippen molar-refractivity contribution in [2.45, 2.75) is 30.7 Å². The molecule has 0 aliphatic carbocycles. The lowest BCUT2D eigenvalue weighted by Crippen LogP contribution is -2.48. The second-order valence-electron chi connectivity index (χ2n) is 8.88. The second kappa shape index (κ2) is 9.85. The lowest BCUT2D eigenvalue weighted by atomic mass is 10.1. The fourth-order valence-electron chi connectivity index (χ4n) is 4.75. The van der Waals surface area contributed by atoms with E-state index in [1.807, 2.05) is 18.2 Å². The first kappa shape index (κ1) is 23.0. The van der Waals surface area contributed by atoms with Crippen molar-refractivity contribution >= 4 is 26.7 Å². The summed E-state index contributed by atoms with van der Waals surface area (Å²) in [5, 5.41) is 1.10. The van der Waals surface area contributed by atoms with Crippen LogP contribution in [0.4, 0.5) is 5.82 Å². The molecule has 1 aromatic heterocycles. The van der Waals surface area contributed by atoms with Gasteiger partial charge >= 0.3 is 0 Å². The largest absolute Gasteiger partial charge is 0.497 e. The van der Waals surface area contributed by atoms with Crippen molar-refractivity contribution < 1.29 is 13.2 Å². The highest BCUT2D eigenvalue weighted by molar-refractivity contribution is 7.89. The molecule has 9 heteroatoms. The molecule has 3 aromatic rings. The minimum Gasteiger partial charge on any atom is -0.497 e. The predicted octanol–water partition coefficient (Wildman–Crippen LogP) is 3.14. The minimum absolute atomic E-state index is 0.297. The molecule has 0 unspecified atom stereocenters. The lowest BCUT2D eigenvalue weighted by molar-refractivity contribution is 0.178. The molecule has 0 saturated carbocycles. The van der Waals surface area contributed by atoms with Gasteiger partial charge in [0.15, 0.2) is 0 Å². The summed E-state index contributed by atoms with van der Waals surface area (Å²) in [7, 11) is -1.95. The molecule has 2 saturated heterocycles. The van der Waals surface area contributed by atoms with Crippen LogP contribution in [-0.2, 0) is 16.6 Å². The first-order chi connectivity index (χ1) is 16.5. The number of anilines is 1. The molecule has 2 aliphatic heterocycles. The summed E-state index contributed by atoms with van der Waals surface area (Å²) in [5.41, 5.74) is 0.966. The van der Waals surface area contributed by atoms with E-state index in [1.54, 1.807) is 35.7 Å². The summed E-state index contributed by atoms with van der Waals surface area (Å²) < 4.78 is 32.8. The summed E-state index contributed by atoms with van der Waals surface area (Å²) >= 11 is 0. The van der Waals surface area contributed by atoms with Crippen LogP contribution in [0, 0.1) is 0 Å². The van der Waals surface area contributed by atoms with Gasteiger partial charge in [0.05, 0.1) is 24.1 Å². The van der Waals surface area contributed by atoms with Gasteiger partial charge in [-0.2, -0.15) is 4.31 Å². The average molecular weight is 482 g/mol. The molecule has 0 bridgehead atoms. The van der Waals surface area contributed by atoms with Crippen LogP contribution in [0.25, 0.3) is 10.9 Å². The lowest BCUT2D eigenvalue weighted by Gasteiger charge is -2.34. The Hall–Kier alpha value is -2.75. The molecule has 0 radical (unpaired) electrons. The maximum absolute atomic E-state index is 13.1. The normalized spacial score (nSPS) is 18.3. The summed E-state index contributed by atoms with van der Waals surface area (Å²) in [4.78, 5) is 14.7. The Labute approximate surface area is 201 Å². The van der Waals surface area contributed by atoms with Crippen molar-refractivity contribution in [2.75, 3.05) is 51.3 Å². The highest BCUT2D eigenvalue weighted by atomic mass is 32.2. The summed E-state index contributed by atoms with van der Waals surface area (Å²) in [6, 6.07) is 14.8. The van der Waals surface area contributed by atoms with Crippen LogP contribution in [0.2, 0.25) is 0 Å². The smallest absolute Gasteiger partial charge is 0.243 e. The van der Waals surface area contributed by atoms with E-state index >= 15 is 0 Å². The van der Waals surface area contributed by atoms with Crippen molar-refractivity contribution in [3.8, 4) is 5.75 Å². The minimum atomic E-state index is -3.52. The third kappa shape index (κ3) is 4.73. The highest BCUT2D eigenvalue weighted by Crippen LogP contribution is 2.27. The number of nitrogens with zero attached hydrogens (tertiary/aromatic N) is 5. The number of hydrogen-bond donors (Lipinski definition) is 0. The zero-order valence-electron chi connectivity index (χ0n) is 19.6. The second-order valence-corrected chi connectivity index (χ2v) is 10.8. The van der Waals surface area contributed by atoms with Crippen molar-refractivity contribution in [3.63, 3.8) is 0 Å². The summed E-state index contributed by atoms with van der Waals surface area (Å²) in [6.45, 7) is 4.85. The number of rotatable bonds is 6. The van der Waals surface area contributed by atoms with Crippen molar-refractivity contribution in [1.29, 1.82) is 0 Å². The number of hydrogen-bond acceptors (Lipinski definition) is 7. The number of sulfonamides is 1. The Morgan fingerprint density at radius 2 is 1.56 bits per heavy atom. The molecule has 0 atom stereocenters. The summed E-state index contributed by atoms with van der Waals surface area (Å²) in [5.74, 6) is 2.47. The van der Waals surface area contributed by atoms with E-state index in [0.717, 1.165) is 35.6 Å². The van der Waals surface area contributed by atoms with Gasteiger partial charge in [-0.05, 0) is 55.7 Å². The Balaban J connectivity index is 1.29. The predicted molar refractivity (Wildman–Crippen MR) is 133 cm³/mol. The Bertz CT molecular complexity index is 1240. The zero-order chi connectivity index (χ0) is 23.5. The Morgan fingerprint density at radius 1 is 0.853 bits per heavy atom. The Morgan fingerprint density at radius 3 is 2.26 bits per heavy atom. The van der Waals surface area contributed by atoms with E-state index in [0.29, 0.717) is 43.4 Å². The first-order valence-corrected chi connectivity index (χ1v) is 13.4. The fourth-order valence-corrected chi connectivity index (χ4v) is 6.17. The number of fused-ring (bicyclic) bond motifs is 1. The molecule has 34 heavy (non-hydrogen) atoms. The quantitative estimate of drug-likeness (QED) is 0.535. The molecule has 5 rings (SSSR count). The van der Waals surface area contributed by atoms with E-state index in [4.69, 9.17) is 14.7 Å². The van der Waals surface area contributed by atoms with Crippen LogP contribution in [0.15, 0.2) is 53.4 Å². The molecule has 0 amide bonds. The molecular formula is C25H31N5O3S. The van der Waals surface area contributed by atoms with Crippen LogP contribution in [0.5, 0.6) is 5.75 Å². The molecule has 2 fully saturated rings. The van der Waals surface area contributed by atoms with Crippen LogP contribution in [-0.4, -0.2) is 74.0 Å². The van der Waals surface area contributed by atoms with Gasteiger partial charge in [0, 0.05) is 44.7 Å². The van der Waals surface area contributed by atoms with E-state index < -0.39 is 10.0 Å². The third-order valence-corrected chi connectivity index (χ3v) is 8.59. The van der Waals surface area contributed by atoms with Gasteiger partial charge < -0.3 is 9.64 Å². The van der Waals surface area contributed by atoms with Crippen molar-refractivity contribution in [3.05, 3.63) is 54.4 Å². The van der Waals surface area contributed by atoms with Gasteiger partial charge in [-0.15, -0.1) is 0 Å². The molecule has 0 spiro atoms. The van der Waals surface area contributed by atoms with Gasteiger partial charge in [0.25, 0.3) is 0 Å². The monoisotopic (exact) mass is 481 g/mol. The highest BCUT2D eigenvalue weighted by Gasteiger charge is 2.29. The third-order valence-electron chi connectivity index (χ3n) is 6.68. The van der Waals surface area contributed by atoms with Gasteiger partial charge in [0.2, 0.25) is 10.0 Å². The molecule has 8 nitrogen and oxygen atoms in total. The standard InChI is InChI=1S/C25H31N5O3S/c1-33-20-9-11-21(12-10-20)34(31,32)30-17-15-28(16-18-30)19-24-26-23-8-4-3-7-22(23)25(27-24)29-13-5-2-6-14-29/h3-4,7-12H,2,5-6,13-19H2,1H3. The molecular weight excluding hydrogens is 450 g/mol. The number of ether oxygens (including phenoxy) is 1. The Kier molecular flexibility index (Phi) is 6.67. The van der Waals surface area contributed by atoms with Crippen molar-refractivity contribution in [2.24, 2.45) is 0 Å². The summed E-state index contributed by atoms with van der Waals surface area (Å²) in [6.07, 6.45) is 3.66. The first-order valence-electron chi connectivity index (χ1n) is 11.9. The van der Waals surface area contributed by atoms with Crippen LogP contribution >= 0.6 is 0 Å². The molecule has 180 valence electrons. The number of aromatic nitrogens is 2. The molecule has 2 aliphatic rings. The number of para-hydroxylation sites is 1. The molecule has 0 N–H and O–H groups in total. The van der Waals surface area contributed by atoms with E-state index in [-0.39, 0.29) is 0 Å². The number of methoxy groups -OCH3 is 1. The maximum Gasteiger partial charge on any atom is 0.243 e. The molecule has 3 heterocycles. The molecule has 2 aromatic carbocycles. The van der Waals surface area contributed by atoms with Crippen LogP contribution in [0.1, 0.15) is 25.1 Å². The SMILES string of the molecule is COc1ccc(S(=O)(=O)N2CCN(Cc3nc(N4CCCCC4)c4ccccc4n3)CC2)cc1. The van der Waals surface area contributed by atoms with E-state index in [2.05, 4.69) is 15.9 Å². The zero-order valence-corrected chi connectivity index (χ0v) is 20.4. The van der Waals surface area contributed by atoms with Gasteiger partial charge in [-0.1, -0.05) is 12.1 Å². The fraction of sp³-hybridized carbons (Fsp3) is 0.440. The van der Waals surface area contributed by atoms with Crippen molar-refractivity contribution in [1.82, 2.24) is 19.2 Å². The van der Waals surface area contributed by atoms with Gasteiger partial charge in [-0.3, -0.25) is 4.90 Å².